The van der Waals surface area contributed by atoms with Gasteiger partial charge in [-0.2, -0.15) is 5.10 Å². The molecule has 0 bridgehead atoms. The predicted octanol–water partition coefficient (Wildman–Crippen LogP) is 3.66. The summed E-state index contributed by atoms with van der Waals surface area (Å²) in [5.41, 5.74) is 7.64. The van der Waals surface area contributed by atoms with Gasteiger partial charge in [0.15, 0.2) is 5.65 Å². The summed E-state index contributed by atoms with van der Waals surface area (Å²) in [6.07, 6.45) is 2.55. The zero-order chi connectivity index (χ0) is 18.1. The Balaban J connectivity index is 0.00000312. The van der Waals surface area contributed by atoms with E-state index in [9.17, 15) is 4.79 Å². The van der Waals surface area contributed by atoms with Crippen LogP contribution in [0, 0.1) is 12.8 Å². The van der Waals surface area contributed by atoms with Gasteiger partial charge in [0, 0.05) is 23.8 Å². The molecular formula is C18H31Cl2N5O. The fourth-order valence-electron chi connectivity index (χ4n) is 3.14. The Morgan fingerprint density at radius 2 is 1.92 bits per heavy atom. The molecule has 1 unspecified atom stereocenters. The molecule has 2 aromatic rings. The number of hydrogen-bond acceptors (Lipinski definition) is 4. The van der Waals surface area contributed by atoms with Gasteiger partial charge in [-0.3, -0.25) is 4.79 Å². The van der Waals surface area contributed by atoms with Gasteiger partial charge in [-0.05, 0) is 46.1 Å². The van der Waals surface area contributed by atoms with E-state index in [-0.39, 0.29) is 36.8 Å². The number of halogens is 2. The topological polar surface area (TPSA) is 85.8 Å². The average Bonchev–Trinajstić information content (AvgIpc) is 2.89. The molecule has 1 amide bonds. The molecule has 2 aromatic heterocycles. The number of carbonyl (C=O) groups is 1. The highest BCUT2D eigenvalue weighted by Gasteiger charge is 2.27. The first-order chi connectivity index (χ1) is 11.2. The number of nitrogens with one attached hydrogen (secondary N) is 1. The molecule has 6 nitrogen and oxygen atoms in total. The van der Waals surface area contributed by atoms with Crippen LogP contribution in [0.4, 0.5) is 0 Å². The molecule has 0 saturated heterocycles. The standard InChI is InChI=1S/C18H29N5O.2ClH/c1-11(2)8-18(6,10-19)22-17(24)14-7-13(5)21-16-15(14)9-20-23(16)12(3)4;;/h7,9,11-12H,8,10,19H2,1-6H3,(H,22,24);2*1H. The molecule has 2 rings (SSSR count). The van der Waals surface area contributed by atoms with Gasteiger partial charge in [-0.15, -0.1) is 24.8 Å². The summed E-state index contributed by atoms with van der Waals surface area (Å²) in [6, 6.07) is 2.00. The van der Waals surface area contributed by atoms with Gasteiger partial charge < -0.3 is 11.1 Å². The van der Waals surface area contributed by atoms with Crippen molar-refractivity contribution in [1.29, 1.82) is 0 Å². The largest absolute Gasteiger partial charge is 0.346 e. The van der Waals surface area contributed by atoms with Crippen LogP contribution in [-0.4, -0.2) is 32.8 Å². The Hall–Kier alpha value is -1.37. The van der Waals surface area contributed by atoms with Gasteiger partial charge in [-0.25, -0.2) is 9.67 Å². The Bertz CT molecular complexity index is 745. The predicted molar refractivity (Wildman–Crippen MR) is 112 cm³/mol. The van der Waals surface area contributed by atoms with Gasteiger partial charge in [0.25, 0.3) is 5.91 Å². The van der Waals surface area contributed by atoms with Crippen molar-refractivity contribution < 1.29 is 4.79 Å². The maximum absolute atomic E-state index is 12.9. The number of aromatic nitrogens is 3. The maximum atomic E-state index is 12.9. The van der Waals surface area contributed by atoms with Crippen molar-refractivity contribution in [2.24, 2.45) is 11.7 Å². The third-order valence-electron chi connectivity index (χ3n) is 4.15. The minimum absolute atomic E-state index is 0. The van der Waals surface area contributed by atoms with E-state index in [1.54, 1.807) is 6.20 Å². The summed E-state index contributed by atoms with van der Waals surface area (Å²) < 4.78 is 1.84. The molecule has 0 aromatic carbocycles. The van der Waals surface area contributed by atoms with Crippen LogP contribution in [0.3, 0.4) is 0 Å². The van der Waals surface area contributed by atoms with E-state index < -0.39 is 5.54 Å². The van der Waals surface area contributed by atoms with E-state index in [0.29, 0.717) is 18.0 Å². The smallest absolute Gasteiger partial charge is 0.252 e. The molecule has 0 saturated carbocycles. The summed E-state index contributed by atoms with van der Waals surface area (Å²) in [5, 5.41) is 8.29. The van der Waals surface area contributed by atoms with Crippen molar-refractivity contribution in [3.05, 3.63) is 23.5 Å². The molecule has 0 aliphatic rings. The Labute approximate surface area is 168 Å². The number of nitrogens with two attached hydrogens (primary N) is 1. The number of nitrogens with zero attached hydrogens (tertiary/aromatic N) is 3. The monoisotopic (exact) mass is 403 g/mol. The van der Waals surface area contributed by atoms with Crippen LogP contribution in [0.1, 0.15) is 63.1 Å². The first-order valence-electron chi connectivity index (χ1n) is 8.54. The molecule has 0 aliphatic carbocycles. The molecule has 26 heavy (non-hydrogen) atoms. The van der Waals surface area contributed by atoms with Crippen LogP contribution in [0.5, 0.6) is 0 Å². The zero-order valence-corrected chi connectivity index (χ0v) is 18.0. The Morgan fingerprint density at radius 1 is 1.31 bits per heavy atom. The lowest BCUT2D eigenvalue weighted by atomic mass is 9.90. The fraction of sp³-hybridized carbons (Fsp3) is 0.611. The van der Waals surface area contributed by atoms with E-state index in [0.717, 1.165) is 23.1 Å². The first-order valence-corrected chi connectivity index (χ1v) is 8.54. The molecule has 0 fully saturated rings. The van der Waals surface area contributed by atoms with Crippen molar-refractivity contribution in [3.8, 4) is 0 Å². The van der Waals surface area contributed by atoms with Crippen molar-refractivity contribution in [3.63, 3.8) is 0 Å². The van der Waals surface area contributed by atoms with Crippen LogP contribution in [0.15, 0.2) is 12.3 Å². The number of aryl methyl sites for hydroxylation is 1. The highest BCUT2D eigenvalue weighted by Crippen LogP contribution is 2.22. The normalized spacial score (nSPS) is 13.3. The van der Waals surface area contributed by atoms with Gasteiger partial charge in [0.2, 0.25) is 0 Å². The zero-order valence-electron chi connectivity index (χ0n) is 16.4. The minimum Gasteiger partial charge on any atom is -0.346 e. The third kappa shape index (κ3) is 5.32. The van der Waals surface area contributed by atoms with Gasteiger partial charge in [0.05, 0.1) is 17.1 Å². The van der Waals surface area contributed by atoms with Crippen LogP contribution >= 0.6 is 24.8 Å². The lowest BCUT2D eigenvalue weighted by Crippen LogP contribution is -2.52. The SMILES string of the molecule is Cc1cc(C(=O)NC(C)(CN)CC(C)C)c2cnn(C(C)C)c2n1.Cl.Cl. The van der Waals surface area contributed by atoms with E-state index in [1.807, 2.05) is 38.4 Å². The molecule has 8 heteroatoms. The molecular weight excluding hydrogens is 373 g/mol. The molecule has 1 atom stereocenters. The molecule has 0 radical (unpaired) electrons. The number of fused-ring (bicyclic) bond motifs is 1. The van der Waals surface area contributed by atoms with Crippen molar-refractivity contribution >= 4 is 41.8 Å². The molecule has 148 valence electrons. The second-order valence-electron chi connectivity index (χ2n) is 7.55. The average molecular weight is 404 g/mol. The van der Waals surface area contributed by atoms with Gasteiger partial charge >= 0.3 is 0 Å². The Kier molecular flexibility index (Phi) is 9.03. The number of amides is 1. The van der Waals surface area contributed by atoms with Crippen LogP contribution in [0.25, 0.3) is 11.0 Å². The highest BCUT2D eigenvalue weighted by atomic mass is 35.5. The summed E-state index contributed by atoms with van der Waals surface area (Å²) in [4.78, 5) is 17.5. The molecule has 2 heterocycles. The fourth-order valence-corrected chi connectivity index (χ4v) is 3.14. The lowest BCUT2D eigenvalue weighted by Gasteiger charge is -2.31. The van der Waals surface area contributed by atoms with Crippen molar-refractivity contribution in [2.75, 3.05) is 6.54 Å². The lowest BCUT2D eigenvalue weighted by molar-refractivity contribution is 0.0900. The highest BCUT2D eigenvalue weighted by molar-refractivity contribution is 6.05. The molecule has 0 aliphatic heterocycles. The van der Waals surface area contributed by atoms with E-state index in [1.165, 1.54) is 0 Å². The van der Waals surface area contributed by atoms with Crippen LogP contribution in [-0.2, 0) is 0 Å². The summed E-state index contributed by atoms with van der Waals surface area (Å²) in [5.74, 6) is 0.323. The van der Waals surface area contributed by atoms with E-state index in [2.05, 4.69) is 29.2 Å². The second-order valence-corrected chi connectivity index (χ2v) is 7.55. The number of pyridine rings is 1. The number of carbonyl (C=O) groups excluding carboxylic acids is 1. The van der Waals surface area contributed by atoms with Crippen LogP contribution < -0.4 is 11.1 Å². The minimum atomic E-state index is -0.428. The number of rotatable bonds is 6. The second kappa shape index (κ2) is 9.53. The van der Waals surface area contributed by atoms with Gasteiger partial charge in [-0.1, -0.05) is 13.8 Å². The van der Waals surface area contributed by atoms with Crippen molar-refractivity contribution in [1.82, 2.24) is 20.1 Å². The van der Waals surface area contributed by atoms with Crippen molar-refractivity contribution in [2.45, 2.75) is 59.5 Å². The third-order valence-corrected chi connectivity index (χ3v) is 4.15. The summed E-state index contributed by atoms with van der Waals surface area (Å²) in [6.45, 7) is 12.6. The van der Waals surface area contributed by atoms with Crippen LogP contribution in [0.2, 0.25) is 0 Å². The summed E-state index contributed by atoms with van der Waals surface area (Å²) >= 11 is 0. The Morgan fingerprint density at radius 3 is 2.42 bits per heavy atom. The maximum Gasteiger partial charge on any atom is 0.252 e. The molecule has 3 N–H and O–H groups in total. The molecule has 0 spiro atoms. The quantitative estimate of drug-likeness (QED) is 0.770. The van der Waals surface area contributed by atoms with E-state index in [4.69, 9.17) is 5.73 Å². The summed E-state index contributed by atoms with van der Waals surface area (Å²) in [7, 11) is 0. The van der Waals surface area contributed by atoms with Gasteiger partial charge in [0.1, 0.15) is 0 Å². The van der Waals surface area contributed by atoms with E-state index >= 15 is 0 Å². The number of hydrogen-bond donors (Lipinski definition) is 2. The first kappa shape index (κ1) is 24.6.